The van der Waals surface area contributed by atoms with Crippen LogP contribution in [0, 0.1) is 0 Å². The van der Waals surface area contributed by atoms with E-state index in [-0.39, 0.29) is 16.6 Å². The van der Waals surface area contributed by atoms with Crippen molar-refractivity contribution in [3.8, 4) is 5.75 Å². The predicted molar refractivity (Wildman–Crippen MR) is 116 cm³/mol. The standard InChI is InChI=1S/C22H27NOS2/c1-21(2,3)19-11-16(13-25-19)23(15-7-9-18(24)10-8-15)17-12-20(26-14-17)22(4,5)6/h7-14,24H,1-6H3. The van der Waals surface area contributed by atoms with Crippen LogP contribution >= 0.6 is 22.7 Å². The number of hydrogen-bond donors (Lipinski definition) is 1. The quantitative estimate of drug-likeness (QED) is 0.502. The Labute approximate surface area is 164 Å². The van der Waals surface area contributed by atoms with Gasteiger partial charge in [-0.05, 0) is 47.2 Å². The lowest BCUT2D eigenvalue weighted by atomic mass is 9.94. The van der Waals surface area contributed by atoms with Crippen molar-refractivity contribution in [2.75, 3.05) is 4.90 Å². The van der Waals surface area contributed by atoms with Gasteiger partial charge in [0.15, 0.2) is 0 Å². The largest absolute Gasteiger partial charge is 0.508 e. The first kappa shape index (κ1) is 19.0. The second-order valence-electron chi connectivity index (χ2n) is 8.69. The second-order valence-corrected chi connectivity index (χ2v) is 10.5. The van der Waals surface area contributed by atoms with Gasteiger partial charge < -0.3 is 10.0 Å². The highest BCUT2D eigenvalue weighted by Crippen LogP contribution is 2.43. The molecule has 4 heteroatoms. The normalized spacial score (nSPS) is 12.4. The maximum atomic E-state index is 9.69. The van der Waals surface area contributed by atoms with E-state index in [1.807, 2.05) is 12.1 Å². The third-order valence-corrected chi connectivity index (χ3v) is 6.96. The highest BCUT2D eigenvalue weighted by atomic mass is 32.1. The highest BCUT2D eigenvalue weighted by molar-refractivity contribution is 7.11. The van der Waals surface area contributed by atoms with E-state index in [2.05, 4.69) is 69.3 Å². The van der Waals surface area contributed by atoms with Crippen LogP contribution in [0.2, 0.25) is 0 Å². The Kier molecular flexibility index (Phi) is 4.93. The summed E-state index contributed by atoms with van der Waals surface area (Å²) >= 11 is 3.60. The number of aromatic hydroxyl groups is 1. The van der Waals surface area contributed by atoms with Gasteiger partial charge in [0.1, 0.15) is 5.75 Å². The number of thiophene rings is 2. The summed E-state index contributed by atoms with van der Waals surface area (Å²) in [4.78, 5) is 5.00. The summed E-state index contributed by atoms with van der Waals surface area (Å²) in [5.41, 5.74) is 3.66. The van der Waals surface area contributed by atoms with Gasteiger partial charge >= 0.3 is 0 Å². The topological polar surface area (TPSA) is 23.5 Å². The lowest BCUT2D eigenvalue weighted by molar-refractivity contribution is 0.475. The summed E-state index contributed by atoms with van der Waals surface area (Å²) in [6.45, 7) is 13.5. The number of hydrogen-bond acceptors (Lipinski definition) is 4. The fraction of sp³-hybridized carbons (Fsp3) is 0.364. The molecule has 1 aromatic carbocycles. The van der Waals surface area contributed by atoms with Crippen molar-refractivity contribution in [1.82, 2.24) is 0 Å². The van der Waals surface area contributed by atoms with Crippen molar-refractivity contribution in [2.45, 2.75) is 52.4 Å². The van der Waals surface area contributed by atoms with E-state index < -0.39 is 0 Å². The SMILES string of the molecule is CC(C)(C)c1cc(N(c2ccc(O)cc2)c2csc(C(C)(C)C)c2)cs1. The lowest BCUT2D eigenvalue weighted by Gasteiger charge is -2.23. The molecule has 0 unspecified atom stereocenters. The lowest BCUT2D eigenvalue weighted by Crippen LogP contribution is -2.11. The maximum absolute atomic E-state index is 9.69. The van der Waals surface area contributed by atoms with Gasteiger partial charge in [-0.1, -0.05) is 41.5 Å². The summed E-state index contributed by atoms with van der Waals surface area (Å²) in [6.07, 6.45) is 0. The van der Waals surface area contributed by atoms with Gasteiger partial charge in [0, 0.05) is 26.2 Å². The molecule has 3 rings (SSSR count). The molecule has 2 heterocycles. The molecule has 1 N–H and O–H groups in total. The average Bonchev–Trinajstić information content (AvgIpc) is 3.18. The minimum Gasteiger partial charge on any atom is -0.508 e. The van der Waals surface area contributed by atoms with Crippen LogP contribution in [-0.2, 0) is 10.8 Å². The molecule has 2 nitrogen and oxygen atoms in total. The number of phenolic OH excluding ortho intramolecular Hbond substituents is 1. The predicted octanol–water partition coefficient (Wildman–Crippen LogP) is 7.58. The molecule has 0 bridgehead atoms. The molecule has 0 atom stereocenters. The first-order valence-corrected chi connectivity index (χ1v) is 10.6. The fourth-order valence-electron chi connectivity index (χ4n) is 2.72. The van der Waals surface area contributed by atoms with Crippen LogP contribution in [-0.4, -0.2) is 5.11 Å². The van der Waals surface area contributed by atoms with Crippen LogP contribution in [0.5, 0.6) is 5.75 Å². The Morgan fingerprint density at radius 2 is 1.12 bits per heavy atom. The van der Waals surface area contributed by atoms with Gasteiger partial charge in [0.2, 0.25) is 0 Å². The Hall–Kier alpha value is -1.78. The third kappa shape index (κ3) is 3.97. The number of rotatable bonds is 3. The van der Waals surface area contributed by atoms with E-state index in [0.717, 1.165) is 5.69 Å². The minimum absolute atomic E-state index is 0.134. The van der Waals surface area contributed by atoms with Gasteiger partial charge in [-0.15, -0.1) is 22.7 Å². The van der Waals surface area contributed by atoms with Crippen LogP contribution < -0.4 is 4.90 Å². The van der Waals surface area contributed by atoms with Crippen LogP contribution in [0.25, 0.3) is 0 Å². The van der Waals surface area contributed by atoms with Crippen LogP contribution in [0.1, 0.15) is 51.3 Å². The zero-order chi connectivity index (χ0) is 19.1. The molecular weight excluding hydrogens is 358 g/mol. The fourth-order valence-corrected chi connectivity index (χ4v) is 4.65. The van der Waals surface area contributed by atoms with Gasteiger partial charge in [-0.3, -0.25) is 0 Å². The molecular formula is C22H27NOS2. The molecule has 0 amide bonds. The molecule has 3 aromatic rings. The van der Waals surface area contributed by atoms with E-state index in [1.54, 1.807) is 34.8 Å². The van der Waals surface area contributed by atoms with Crippen LogP contribution in [0.4, 0.5) is 17.1 Å². The first-order chi connectivity index (χ1) is 12.1. The molecule has 0 fully saturated rings. The zero-order valence-corrected chi connectivity index (χ0v) is 18.0. The van der Waals surface area contributed by atoms with Crippen molar-refractivity contribution in [3.63, 3.8) is 0 Å². The van der Waals surface area contributed by atoms with Crippen molar-refractivity contribution in [3.05, 3.63) is 56.9 Å². The van der Waals surface area contributed by atoms with Crippen molar-refractivity contribution in [2.24, 2.45) is 0 Å². The van der Waals surface area contributed by atoms with Gasteiger partial charge in [0.05, 0.1) is 11.4 Å². The smallest absolute Gasteiger partial charge is 0.115 e. The highest BCUT2D eigenvalue weighted by Gasteiger charge is 2.23. The van der Waals surface area contributed by atoms with Crippen LogP contribution in [0.3, 0.4) is 0 Å². The molecule has 0 radical (unpaired) electrons. The minimum atomic E-state index is 0.134. The molecule has 0 saturated carbocycles. The summed E-state index contributed by atoms with van der Waals surface area (Å²) in [6, 6.07) is 12.0. The van der Waals surface area contributed by atoms with Crippen LogP contribution in [0.15, 0.2) is 47.2 Å². The number of anilines is 3. The van der Waals surface area contributed by atoms with E-state index in [4.69, 9.17) is 0 Å². The molecule has 2 aromatic heterocycles. The maximum Gasteiger partial charge on any atom is 0.115 e. The number of nitrogens with zero attached hydrogens (tertiary/aromatic N) is 1. The second kappa shape index (κ2) is 6.75. The van der Waals surface area contributed by atoms with Gasteiger partial charge in [-0.2, -0.15) is 0 Å². The monoisotopic (exact) mass is 385 g/mol. The van der Waals surface area contributed by atoms with Crippen molar-refractivity contribution < 1.29 is 5.11 Å². The Balaban J connectivity index is 2.09. The third-order valence-electron chi connectivity index (χ3n) is 4.27. The van der Waals surface area contributed by atoms with Gasteiger partial charge in [-0.25, -0.2) is 0 Å². The number of phenols is 1. The molecule has 0 spiro atoms. The van der Waals surface area contributed by atoms with Gasteiger partial charge in [0.25, 0.3) is 0 Å². The molecule has 0 aliphatic carbocycles. The summed E-state index contributed by atoms with van der Waals surface area (Å²) in [5.74, 6) is 0.287. The molecule has 0 aliphatic rings. The summed E-state index contributed by atoms with van der Waals surface area (Å²) in [7, 11) is 0. The molecule has 0 aliphatic heterocycles. The van der Waals surface area contributed by atoms with Crippen molar-refractivity contribution >= 4 is 39.7 Å². The molecule has 0 saturated heterocycles. The molecule has 26 heavy (non-hydrogen) atoms. The van der Waals surface area contributed by atoms with E-state index in [9.17, 15) is 5.11 Å². The van der Waals surface area contributed by atoms with E-state index in [1.165, 1.54) is 21.1 Å². The Morgan fingerprint density at radius 3 is 1.46 bits per heavy atom. The van der Waals surface area contributed by atoms with E-state index in [0.29, 0.717) is 0 Å². The van der Waals surface area contributed by atoms with Crippen molar-refractivity contribution in [1.29, 1.82) is 0 Å². The van der Waals surface area contributed by atoms with E-state index >= 15 is 0 Å². The summed E-state index contributed by atoms with van der Waals surface area (Å²) in [5, 5.41) is 14.1. The Bertz CT molecular complexity index is 824. The zero-order valence-electron chi connectivity index (χ0n) is 16.3. The first-order valence-electron chi connectivity index (χ1n) is 8.83. The Morgan fingerprint density at radius 1 is 0.692 bits per heavy atom. The number of benzene rings is 1. The summed E-state index contributed by atoms with van der Waals surface area (Å²) < 4.78 is 0. The molecule has 138 valence electrons. The average molecular weight is 386 g/mol.